The summed E-state index contributed by atoms with van der Waals surface area (Å²) < 4.78 is 5.26. The fourth-order valence-corrected chi connectivity index (χ4v) is 1.90. The third-order valence-corrected chi connectivity index (χ3v) is 2.95. The molecule has 0 aromatic heterocycles. The van der Waals surface area contributed by atoms with Gasteiger partial charge in [0.05, 0.1) is 12.2 Å². The number of aromatic hydroxyl groups is 1. The zero-order valence-electron chi connectivity index (χ0n) is 8.14. The molecule has 0 bridgehead atoms. The Kier molecular flexibility index (Phi) is 1.52. The first-order valence-corrected chi connectivity index (χ1v) is 4.99. The van der Waals surface area contributed by atoms with Gasteiger partial charge in [-0.15, -0.1) is 0 Å². The predicted octanol–water partition coefficient (Wildman–Crippen LogP) is 1.88. The molecule has 1 heterocycles. The average molecular weight is 205 g/mol. The first-order chi connectivity index (χ1) is 7.20. The summed E-state index contributed by atoms with van der Waals surface area (Å²) in [4.78, 5) is 13.1. The molecule has 1 amide bonds. The van der Waals surface area contributed by atoms with Crippen molar-refractivity contribution in [2.24, 2.45) is 0 Å². The lowest BCUT2D eigenvalue weighted by Crippen LogP contribution is -2.24. The van der Waals surface area contributed by atoms with Gasteiger partial charge in [-0.25, -0.2) is 4.79 Å². The van der Waals surface area contributed by atoms with Gasteiger partial charge in [-0.3, -0.25) is 4.90 Å². The number of rotatable bonds is 1. The molecule has 1 aliphatic carbocycles. The van der Waals surface area contributed by atoms with E-state index in [1.54, 1.807) is 24.3 Å². The number of carbonyl (C=O) groups excluding carboxylic acids is 1. The van der Waals surface area contributed by atoms with Crippen LogP contribution in [-0.2, 0) is 4.74 Å². The molecule has 3 rings (SSSR count). The van der Waals surface area contributed by atoms with Crippen molar-refractivity contribution < 1.29 is 14.6 Å². The highest BCUT2D eigenvalue weighted by Crippen LogP contribution is 2.46. The van der Waals surface area contributed by atoms with E-state index in [9.17, 15) is 9.90 Å². The normalized spacial score (nSPS) is 21.9. The van der Waals surface area contributed by atoms with Gasteiger partial charge in [0.1, 0.15) is 11.4 Å². The Hall–Kier alpha value is -1.71. The van der Waals surface area contributed by atoms with E-state index >= 15 is 0 Å². The average Bonchev–Trinajstić information content (AvgIpc) is 2.87. The fourth-order valence-electron chi connectivity index (χ4n) is 1.90. The number of anilines is 1. The van der Waals surface area contributed by atoms with Gasteiger partial charge in [0.2, 0.25) is 0 Å². The topological polar surface area (TPSA) is 49.8 Å². The van der Waals surface area contributed by atoms with Gasteiger partial charge in [-0.2, -0.15) is 0 Å². The number of carbonyl (C=O) groups is 1. The summed E-state index contributed by atoms with van der Waals surface area (Å²) >= 11 is 0. The molecule has 0 radical (unpaired) electrons. The number of ether oxygens (including phenoxy) is 1. The van der Waals surface area contributed by atoms with Crippen LogP contribution in [0.5, 0.6) is 5.75 Å². The van der Waals surface area contributed by atoms with Gasteiger partial charge >= 0.3 is 6.09 Å². The molecule has 1 aliphatic heterocycles. The van der Waals surface area contributed by atoms with Crippen molar-refractivity contribution >= 4 is 11.8 Å². The van der Waals surface area contributed by atoms with Crippen LogP contribution in [0.3, 0.4) is 0 Å². The smallest absolute Gasteiger partial charge is 0.415 e. The molecule has 1 saturated carbocycles. The molecule has 1 N–H and O–H groups in total. The molecule has 2 aliphatic rings. The highest BCUT2D eigenvalue weighted by atomic mass is 16.6. The van der Waals surface area contributed by atoms with Crippen LogP contribution in [0.2, 0.25) is 0 Å². The van der Waals surface area contributed by atoms with Crippen molar-refractivity contribution in [2.75, 3.05) is 11.4 Å². The Morgan fingerprint density at radius 3 is 2.67 bits per heavy atom. The van der Waals surface area contributed by atoms with Gasteiger partial charge in [0.25, 0.3) is 0 Å². The Morgan fingerprint density at radius 1 is 1.33 bits per heavy atom. The van der Waals surface area contributed by atoms with Crippen LogP contribution in [0.4, 0.5) is 10.5 Å². The molecule has 2 fully saturated rings. The molecular weight excluding hydrogens is 194 g/mol. The molecule has 1 spiro atoms. The third-order valence-electron chi connectivity index (χ3n) is 2.95. The maximum atomic E-state index is 11.6. The largest absolute Gasteiger partial charge is 0.506 e. The van der Waals surface area contributed by atoms with Crippen LogP contribution in [0.25, 0.3) is 0 Å². The number of hydrogen-bond donors (Lipinski definition) is 1. The molecule has 4 heteroatoms. The van der Waals surface area contributed by atoms with Gasteiger partial charge in [-0.05, 0) is 25.0 Å². The Labute approximate surface area is 87.1 Å². The van der Waals surface area contributed by atoms with E-state index in [2.05, 4.69) is 0 Å². The summed E-state index contributed by atoms with van der Waals surface area (Å²) in [6.07, 6.45) is 1.51. The van der Waals surface area contributed by atoms with Crippen molar-refractivity contribution in [1.82, 2.24) is 0 Å². The molecule has 15 heavy (non-hydrogen) atoms. The van der Waals surface area contributed by atoms with E-state index < -0.39 is 0 Å². The number of hydrogen-bond acceptors (Lipinski definition) is 3. The Balaban J connectivity index is 1.95. The Bertz CT molecular complexity index is 426. The van der Waals surface area contributed by atoms with Crippen molar-refractivity contribution in [3.8, 4) is 5.75 Å². The van der Waals surface area contributed by atoms with E-state index in [0.29, 0.717) is 12.2 Å². The summed E-state index contributed by atoms with van der Waals surface area (Å²) in [6, 6.07) is 6.81. The van der Waals surface area contributed by atoms with Crippen LogP contribution in [0, 0.1) is 0 Å². The van der Waals surface area contributed by atoms with E-state index in [4.69, 9.17) is 4.74 Å². The number of para-hydroxylation sites is 2. The summed E-state index contributed by atoms with van der Waals surface area (Å²) in [5.74, 6) is 0.118. The van der Waals surface area contributed by atoms with Crippen LogP contribution in [-0.4, -0.2) is 23.3 Å². The zero-order chi connectivity index (χ0) is 10.5. The first-order valence-electron chi connectivity index (χ1n) is 4.99. The summed E-state index contributed by atoms with van der Waals surface area (Å²) in [7, 11) is 0. The monoisotopic (exact) mass is 205 g/mol. The fraction of sp³-hybridized carbons (Fsp3) is 0.364. The minimum Gasteiger partial charge on any atom is -0.506 e. The van der Waals surface area contributed by atoms with Gasteiger partial charge < -0.3 is 9.84 Å². The summed E-state index contributed by atoms with van der Waals surface area (Å²) in [6.45, 7) is 0.559. The van der Waals surface area contributed by atoms with Crippen molar-refractivity contribution in [2.45, 2.75) is 18.4 Å². The minimum absolute atomic E-state index is 0.118. The quantitative estimate of drug-likeness (QED) is 0.761. The van der Waals surface area contributed by atoms with Crippen molar-refractivity contribution in [1.29, 1.82) is 0 Å². The molecule has 1 aromatic carbocycles. The molecule has 4 nitrogen and oxygen atoms in total. The molecule has 0 unspecified atom stereocenters. The number of benzene rings is 1. The second-order valence-electron chi connectivity index (χ2n) is 4.13. The number of phenolic OH excluding ortho intramolecular Hbond substituents is 1. The Morgan fingerprint density at radius 2 is 2.07 bits per heavy atom. The standard InChI is InChI=1S/C11H11NO3/c13-9-4-2-1-3-8(9)12-7-11(5-6-11)15-10(12)14/h1-4,13H,5-7H2. The number of phenols is 1. The highest BCUT2D eigenvalue weighted by Gasteiger charge is 2.55. The molecule has 0 atom stereocenters. The van der Waals surface area contributed by atoms with Crippen LogP contribution >= 0.6 is 0 Å². The minimum atomic E-state index is -0.353. The van der Waals surface area contributed by atoms with E-state index in [1.165, 1.54) is 4.90 Å². The van der Waals surface area contributed by atoms with Crippen LogP contribution in [0.1, 0.15) is 12.8 Å². The maximum absolute atomic E-state index is 11.6. The number of amides is 1. The molecule has 1 aromatic rings. The molecular formula is C11H11NO3. The summed E-state index contributed by atoms with van der Waals surface area (Å²) in [5, 5.41) is 9.63. The van der Waals surface area contributed by atoms with E-state index in [-0.39, 0.29) is 17.4 Å². The molecule has 78 valence electrons. The van der Waals surface area contributed by atoms with Gasteiger partial charge in [0, 0.05) is 0 Å². The van der Waals surface area contributed by atoms with Crippen LogP contribution < -0.4 is 4.90 Å². The predicted molar refractivity (Wildman–Crippen MR) is 53.9 cm³/mol. The van der Waals surface area contributed by atoms with Gasteiger partial charge in [0.15, 0.2) is 0 Å². The highest BCUT2D eigenvalue weighted by molar-refractivity contribution is 5.92. The second-order valence-corrected chi connectivity index (χ2v) is 4.13. The van der Waals surface area contributed by atoms with E-state index in [1.807, 2.05) is 0 Å². The third kappa shape index (κ3) is 1.25. The van der Waals surface area contributed by atoms with Crippen molar-refractivity contribution in [3.63, 3.8) is 0 Å². The maximum Gasteiger partial charge on any atom is 0.415 e. The number of nitrogens with zero attached hydrogens (tertiary/aromatic N) is 1. The van der Waals surface area contributed by atoms with Crippen LogP contribution in [0.15, 0.2) is 24.3 Å². The lowest BCUT2D eigenvalue weighted by atomic mass is 10.2. The summed E-state index contributed by atoms with van der Waals surface area (Å²) in [5.41, 5.74) is 0.283. The van der Waals surface area contributed by atoms with Gasteiger partial charge in [-0.1, -0.05) is 12.1 Å². The lowest BCUT2D eigenvalue weighted by molar-refractivity contribution is 0.129. The van der Waals surface area contributed by atoms with Crippen molar-refractivity contribution in [3.05, 3.63) is 24.3 Å². The zero-order valence-corrected chi connectivity index (χ0v) is 8.14. The lowest BCUT2D eigenvalue weighted by Gasteiger charge is -2.13. The van der Waals surface area contributed by atoms with E-state index in [0.717, 1.165) is 12.8 Å². The molecule has 1 saturated heterocycles. The first kappa shape index (κ1) is 8.59. The second kappa shape index (κ2) is 2.66. The SMILES string of the molecule is O=C1OC2(CC2)CN1c1ccccc1O.